The number of benzene rings is 1. The highest BCUT2D eigenvalue weighted by Gasteiger charge is 2.30. The summed E-state index contributed by atoms with van der Waals surface area (Å²) in [5.41, 5.74) is 0.705. The van der Waals surface area contributed by atoms with Crippen molar-refractivity contribution in [3.05, 3.63) is 35.6 Å². The number of likely N-dealkylation sites (tertiary alicyclic amines) is 1. The van der Waals surface area contributed by atoms with Crippen molar-refractivity contribution in [2.45, 2.75) is 37.9 Å². The fourth-order valence-corrected chi connectivity index (χ4v) is 2.82. The molecule has 20 heavy (non-hydrogen) atoms. The van der Waals surface area contributed by atoms with Crippen molar-refractivity contribution in [1.29, 1.82) is 0 Å². The predicted octanol–water partition coefficient (Wildman–Crippen LogP) is 2.75. The second-order valence-electron chi connectivity index (χ2n) is 5.89. The minimum Gasteiger partial charge on any atom is -0.388 e. The molecule has 4 heteroatoms. The van der Waals surface area contributed by atoms with Crippen LogP contribution in [0.25, 0.3) is 0 Å². The highest BCUT2D eigenvalue weighted by Crippen LogP contribution is 2.25. The van der Waals surface area contributed by atoms with Crippen LogP contribution in [-0.2, 0) is 4.74 Å². The Bertz CT molecular complexity index is 423. The summed E-state index contributed by atoms with van der Waals surface area (Å²) >= 11 is 0. The van der Waals surface area contributed by atoms with Crippen LogP contribution < -0.4 is 0 Å². The van der Waals surface area contributed by atoms with Crippen LogP contribution in [0.3, 0.4) is 0 Å². The summed E-state index contributed by atoms with van der Waals surface area (Å²) in [4.78, 5) is 2.33. The highest BCUT2D eigenvalue weighted by atomic mass is 19.1. The molecule has 2 unspecified atom stereocenters. The van der Waals surface area contributed by atoms with Gasteiger partial charge in [0.2, 0.25) is 0 Å². The fraction of sp³-hybridized carbons (Fsp3) is 0.625. The smallest absolute Gasteiger partial charge is 0.123 e. The first-order valence-electron chi connectivity index (χ1n) is 7.23. The number of halogens is 1. The second kappa shape index (κ2) is 6.66. The topological polar surface area (TPSA) is 32.7 Å². The van der Waals surface area contributed by atoms with Gasteiger partial charge < -0.3 is 14.7 Å². The summed E-state index contributed by atoms with van der Waals surface area (Å²) < 4.78 is 18.4. The zero-order chi connectivity index (χ0) is 14.6. The molecule has 0 radical (unpaired) electrons. The third kappa shape index (κ3) is 4.01. The first-order valence-corrected chi connectivity index (χ1v) is 7.23. The lowest BCUT2D eigenvalue weighted by molar-refractivity contribution is -0.0528. The van der Waals surface area contributed by atoms with Crippen molar-refractivity contribution in [3.8, 4) is 0 Å². The Morgan fingerprint density at radius 2 is 2.10 bits per heavy atom. The van der Waals surface area contributed by atoms with E-state index in [1.165, 1.54) is 12.1 Å². The van der Waals surface area contributed by atoms with Crippen molar-refractivity contribution in [2.24, 2.45) is 0 Å². The Hall–Kier alpha value is -0.970. The zero-order valence-electron chi connectivity index (χ0n) is 12.3. The molecule has 2 rings (SSSR count). The van der Waals surface area contributed by atoms with Gasteiger partial charge in [-0.25, -0.2) is 4.39 Å². The van der Waals surface area contributed by atoms with Crippen LogP contribution in [0.4, 0.5) is 4.39 Å². The van der Waals surface area contributed by atoms with Crippen molar-refractivity contribution in [2.75, 3.05) is 26.7 Å². The van der Waals surface area contributed by atoms with Crippen LogP contribution in [0, 0.1) is 5.82 Å². The molecule has 3 nitrogen and oxygen atoms in total. The van der Waals surface area contributed by atoms with Crippen molar-refractivity contribution >= 4 is 0 Å². The van der Waals surface area contributed by atoms with E-state index in [1.807, 2.05) is 0 Å². The number of hydrogen-bond acceptors (Lipinski definition) is 3. The first-order chi connectivity index (χ1) is 9.52. The lowest BCUT2D eigenvalue weighted by Gasteiger charge is -2.39. The Kier molecular flexibility index (Phi) is 5.13. The van der Waals surface area contributed by atoms with Crippen LogP contribution in [-0.4, -0.2) is 42.4 Å². The molecule has 0 amide bonds. The molecular formula is C16H24FNO2. The molecule has 0 aliphatic carbocycles. The van der Waals surface area contributed by atoms with Crippen molar-refractivity contribution in [3.63, 3.8) is 0 Å². The minimum atomic E-state index is -0.536. The van der Waals surface area contributed by atoms with Gasteiger partial charge in [0.25, 0.3) is 0 Å². The summed E-state index contributed by atoms with van der Waals surface area (Å²) in [7, 11) is 1.76. The van der Waals surface area contributed by atoms with Crippen LogP contribution in [0.15, 0.2) is 24.3 Å². The van der Waals surface area contributed by atoms with Gasteiger partial charge in [0.1, 0.15) is 5.82 Å². The van der Waals surface area contributed by atoms with E-state index in [1.54, 1.807) is 19.2 Å². The van der Waals surface area contributed by atoms with Gasteiger partial charge in [-0.3, -0.25) is 0 Å². The van der Waals surface area contributed by atoms with E-state index in [2.05, 4.69) is 11.8 Å². The van der Waals surface area contributed by atoms with E-state index in [9.17, 15) is 9.50 Å². The van der Waals surface area contributed by atoms with E-state index in [0.29, 0.717) is 6.42 Å². The Labute approximate surface area is 120 Å². The molecule has 1 aromatic rings. The van der Waals surface area contributed by atoms with Crippen LogP contribution in [0.5, 0.6) is 0 Å². The molecule has 2 atom stereocenters. The van der Waals surface area contributed by atoms with Gasteiger partial charge in [0, 0.05) is 20.2 Å². The quantitative estimate of drug-likeness (QED) is 0.901. The van der Waals surface area contributed by atoms with Crippen LogP contribution in [0.1, 0.15) is 37.9 Å². The summed E-state index contributed by atoms with van der Waals surface area (Å²) in [5, 5.41) is 10.1. The lowest BCUT2D eigenvalue weighted by Crippen LogP contribution is -2.47. The molecular weight excluding hydrogens is 257 g/mol. The molecule has 0 saturated carbocycles. The molecule has 0 spiro atoms. The number of aliphatic hydroxyl groups is 1. The molecule has 1 N–H and O–H groups in total. The maximum absolute atomic E-state index is 12.8. The van der Waals surface area contributed by atoms with Crippen LogP contribution >= 0.6 is 0 Å². The van der Waals surface area contributed by atoms with Gasteiger partial charge in [0.05, 0.1) is 11.7 Å². The second-order valence-corrected chi connectivity index (χ2v) is 5.89. The lowest BCUT2D eigenvalue weighted by atomic mass is 9.94. The van der Waals surface area contributed by atoms with E-state index in [4.69, 9.17) is 4.74 Å². The monoisotopic (exact) mass is 281 g/mol. The molecule has 0 bridgehead atoms. The van der Waals surface area contributed by atoms with E-state index >= 15 is 0 Å². The van der Waals surface area contributed by atoms with E-state index < -0.39 is 6.10 Å². The maximum atomic E-state index is 12.8. The average molecular weight is 281 g/mol. The number of methoxy groups -OCH3 is 1. The van der Waals surface area contributed by atoms with Crippen molar-refractivity contribution in [1.82, 2.24) is 4.90 Å². The standard InChI is InChI=1S/C16H24FNO2/c1-16(20-2)9-3-10-18(12-16)11-8-15(19)13-4-6-14(17)7-5-13/h4-7,15,19H,3,8-12H2,1-2H3. The number of aliphatic hydroxyl groups excluding tert-OH is 1. The first kappa shape index (κ1) is 15.4. The summed E-state index contributed by atoms with van der Waals surface area (Å²) in [6, 6.07) is 6.08. The molecule has 0 aromatic heterocycles. The molecule has 1 aliphatic heterocycles. The largest absolute Gasteiger partial charge is 0.388 e. The normalized spacial score (nSPS) is 25.6. The summed E-state index contributed by atoms with van der Waals surface area (Å²) in [5.74, 6) is -0.271. The Balaban J connectivity index is 1.84. The predicted molar refractivity (Wildman–Crippen MR) is 77.1 cm³/mol. The zero-order valence-corrected chi connectivity index (χ0v) is 12.3. The number of piperidine rings is 1. The molecule has 1 aliphatic rings. The van der Waals surface area contributed by atoms with Gasteiger partial charge in [-0.05, 0) is 50.4 Å². The third-order valence-corrected chi connectivity index (χ3v) is 4.20. The summed E-state index contributed by atoms with van der Waals surface area (Å²) in [6.45, 7) is 4.92. The van der Waals surface area contributed by atoms with Gasteiger partial charge >= 0.3 is 0 Å². The molecule has 1 aromatic carbocycles. The summed E-state index contributed by atoms with van der Waals surface area (Å²) in [6.07, 6.45) is 2.33. The number of ether oxygens (including phenoxy) is 1. The average Bonchev–Trinajstić information content (AvgIpc) is 2.46. The van der Waals surface area contributed by atoms with Gasteiger partial charge in [-0.15, -0.1) is 0 Å². The number of nitrogens with zero attached hydrogens (tertiary/aromatic N) is 1. The van der Waals surface area contributed by atoms with Gasteiger partial charge in [-0.1, -0.05) is 12.1 Å². The minimum absolute atomic E-state index is 0.0704. The third-order valence-electron chi connectivity index (χ3n) is 4.20. The van der Waals surface area contributed by atoms with Gasteiger partial charge in [0.15, 0.2) is 0 Å². The highest BCUT2D eigenvalue weighted by molar-refractivity contribution is 5.18. The molecule has 1 saturated heterocycles. The van der Waals surface area contributed by atoms with Crippen molar-refractivity contribution < 1.29 is 14.2 Å². The SMILES string of the molecule is COC1(C)CCCN(CCC(O)c2ccc(F)cc2)C1. The molecule has 1 fully saturated rings. The maximum Gasteiger partial charge on any atom is 0.123 e. The fourth-order valence-electron chi connectivity index (χ4n) is 2.82. The van der Waals surface area contributed by atoms with Gasteiger partial charge in [-0.2, -0.15) is 0 Å². The Morgan fingerprint density at radius 3 is 2.75 bits per heavy atom. The molecule has 112 valence electrons. The Morgan fingerprint density at radius 1 is 1.40 bits per heavy atom. The molecule has 1 heterocycles. The van der Waals surface area contributed by atoms with E-state index in [-0.39, 0.29) is 11.4 Å². The van der Waals surface area contributed by atoms with Crippen LogP contribution in [0.2, 0.25) is 0 Å². The number of rotatable bonds is 5. The van der Waals surface area contributed by atoms with E-state index in [0.717, 1.165) is 38.0 Å². The number of hydrogen-bond donors (Lipinski definition) is 1.